The maximum atomic E-state index is 3.47. The van der Waals surface area contributed by atoms with Crippen molar-refractivity contribution in [3.05, 3.63) is 60.2 Å². The van der Waals surface area contributed by atoms with Gasteiger partial charge in [0.15, 0.2) is 0 Å². The maximum Gasteiger partial charge on any atom is -0.00173 e. The molecule has 1 N–H and O–H groups in total. The zero-order valence-corrected chi connectivity index (χ0v) is 11.5. The van der Waals surface area contributed by atoms with E-state index in [0.717, 1.165) is 19.0 Å². The molecule has 19 heavy (non-hydrogen) atoms. The van der Waals surface area contributed by atoms with Crippen LogP contribution >= 0.6 is 0 Å². The summed E-state index contributed by atoms with van der Waals surface area (Å²) in [6.07, 6.45) is 1.26. The van der Waals surface area contributed by atoms with Crippen molar-refractivity contribution in [2.75, 3.05) is 13.1 Å². The molecule has 2 aromatic rings. The lowest BCUT2D eigenvalue weighted by Crippen LogP contribution is -2.33. The van der Waals surface area contributed by atoms with Gasteiger partial charge in [0, 0.05) is 0 Å². The van der Waals surface area contributed by atoms with E-state index in [1.165, 1.54) is 23.1 Å². The van der Waals surface area contributed by atoms with Crippen LogP contribution in [-0.2, 0) is 0 Å². The van der Waals surface area contributed by atoms with Crippen LogP contribution < -0.4 is 5.32 Å². The molecule has 0 saturated carbocycles. The Labute approximate surface area is 115 Å². The van der Waals surface area contributed by atoms with E-state index in [1.54, 1.807) is 0 Å². The van der Waals surface area contributed by atoms with Gasteiger partial charge in [-0.15, -0.1) is 0 Å². The van der Waals surface area contributed by atoms with Gasteiger partial charge in [-0.3, -0.25) is 0 Å². The largest absolute Gasteiger partial charge is 0.316 e. The van der Waals surface area contributed by atoms with Gasteiger partial charge in [0.2, 0.25) is 0 Å². The number of hydrogen-bond acceptors (Lipinski definition) is 1. The highest BCUT2D eigenvalue weighted by molar-refractivity contribution is 5.63. The Morgan fingerprint density at radius 3 is 2.26 bits per heavy atom. The molecule has 0 amide bonds. The van der Waals surface area contributed by atoms with E-state index in [4.69, 9.17) is 0 Å². The van der Waals surface area contributed by atoms with E-state index in [0.29, 0.717) is 5.92 Å². The molecule has 1 heteroatoms. The fourth-order valence-electron chi connectivity index (χ4n) is 3.06. The minimum atomic E-state index is 0.714. The van der Waals surface area contributed by atoms with E-state index in [1.807, 2.05) is 0 Å². The summed E-state index contributed by atoms with van der Waals surface area (Å²) in [5, 5.41) is 3.47. The van der Waals surface area contributed by atoms with E-state index in [-0.39, 0.29) is 0 Å². The molecule has 2 unspecified atom stereocenters. The Morgan fingerprint density at radius 1 is 0.895 bits per heavy atom. The van der Waals surface area contributed by atoms with E-state index >= 15 is 0 Å². The minimum Gasteiger partial charge on any atom is -0.316 e. The summed E-state index contributed by atoms with van der Waals surface area (Å²) in [6.45, 7) is 4.64. The topological polar surface area (TPSA) is 12.0 Å². The smallest absolute Gasteiger partial charge is 0.00173 e. The van der Waals surface area contributed by atoms with Crippen molar-refractivity contribution >= 4 is 0 Å². The standard InChI is InChI=1S/C18H21N/c1-14-13-19-12-11-18(14)17-9-7-16(8-10-17)15-5-3-2-4-6-15/h2-10,14,18-19H,11-13H2,1H3. The first kappa shape index (κ1) is 12.4. The molecule has 0 aliphatic carbocycles. The summed E-state index contributed by atoms with van der Waals surface area (Å²) in [5.74, 6) is 1.45. The van der Waals surface area contributed by atoms with Crippen LogP contribution in [0.25, 0.3) is 11.1 Å². The Hall–Kier alpha value is -1.60. The van der Waals surface area contributed by atoms with Crippen molar-refractivity contribution in [1.29, 1.82) is 0 Å². The number of benzene rings is 2. The van der Waals surface area contributed by atoms with Gasteiger partial charge < -0.3 is 5.32 Å². The van der Waals surface area contributed by atoms with Crippen molar-refractivity contribution < 1.29 is 0 Å². The van der Waals surface area contributed by atoms with Crippen molar-refractivity contribution in [1.82, 2.24) is 5.32 Å². The molecule has 1 heterocycles. The Kier molecular flexibility index (Phi) is 3.65. The maximum absolute atomic E-state index is 3.47. The lowest BCUT2D eigenvalue weighted by molar-refractivity contribution is 0.349. The second-order valence-corrected chi connectivity index (χ2v) is 5.56. The molecule has 0 aromatic heterocycles. The van der Waals surface area contributed by atoms with Gasteiger partial charge >= 0.3 is 0 Å². The van der Waals surface area contributed by atoms with Crippen LogP contribution in [0.4, 0.5) is 0 Å². The third-order valence-corrected chi connectivity index (χ3v) is 4.23. The molecule has 1 nitrogen and oxygen atoms in total. The summed E-state index contributed by atoms with van der Waals surface area (Å²) in [7, 11) is 0. The zero-order valence-electron chi connectivity index (χ0n) is 11.5. The molecule has 1 aliphatic heterocycles. The van der Waals surface area contributed by atoms with Gasteiger partial charge in [0.05, 0.1) is 0 Å². The molecule has 2 atom stereocenters. The molecular weight excluding hydrogens is 230 g/mol. The second kappa shape index (κ2) is 5.58. The molecule has 1 aliphatic rings. The van der Waals surface area contributed by atoms with Crippen LogP contribution in [0.5, 0.6) is 0 Å². The molecule has 3 rings (SSSR count). The lowest BCUT2D eigenvalue weighted by Gasteiger charge is -2.30. The van der Waals surface area contributed by atoms with E-state index in [2.05, 4.69) is 66.8 Å². The van der Waals surface area contributed by atoms with Gasteiger partial charge in [-0.25, -0.2) is 0 Å². The van der Waals surface area contributed by atoms with Crippen molar-refractivity contribution in [2.45, 2.75) is 19.3 Å². The van der Waals surface area contributed by atoms with Gasteiger partial charge in [0.25, 0.3) is 0 Å². The lowest BCUT2D eigenvalue weighted by atomic mass is 9.82. The third kappa shape index (κ3) is 2.71. The Bertz CT molecular complexity index is 515. The highest BCUT2D eigenvalue weighted by atomic mass is 14.9. The quantitative estimate of drug-likeness (QED) is 0.848. The predicted molar refractivity (Wildman–Crippen MR) is 81.3 cm³/mol. The molecule has 0 bridgehead atoms. The molecule has 98 valence electrons. The third-order valence-electron chi connectivity index (χ3n) is 4.23. The highest BCUT2D eigenvalue weighted by Gasteiger charge is 2.22. The normalized spacial score (nSPS) is 23.2. The first-order valence-corrected chi connectivity index (χ1v) is 7.21. The number of hydrogen-bond donors (Lipinski definition) is 1. The average molecular weight is 251 g/mol. The van der Waals surface area contributed by atoms with Crippen LogP contribution in [0, 0.1) is 5.92 Å². The Morgan fingerprint density at radius 2 is 1.58 bits per heavy atom. The SMILES string of the molecule is CC1CNCCC1c1ccc(-c2ccccc2)cc1. The van der Waals surface area contributed by atoms with Crippen LogP contribution in [0.2, 0.25) is 0 Å². The van der Waals surface area contributed by atoms with Crippen molar-refractivity contribution in [2.24, 2.45) is 5.92 Å². The fourth-order valence-corrected chi connectivity index (χ4v) is 3.06. The van der Waals surface area contributed by atoms with Crippen LogP contribution in [0.1, 0.15) is 24.8 Å². The fraction of sp³-hybridized carbons (Fsp3) is 0.333. The molecule has 1 fully saturated rings. The monoisotopic (exact) mass is 251 g/mol. The Balaban J connectivity index is 1.83. The van der Waals surface area contributed by atoms with Gasteiger partial charge in [-0.1, -0.05) is 61.5 Å². The number of piperidine rings is 1. The second-order valence-electron chi connectivity index (χ2n) is 5.56. The van der Waals surface area contributed by atoms with Gasteiger partial charge in [-0.2, -0.15) is 0 Å². The van der Waals surface area contributed by atoms with Crippen molar-refractivity contribution in [3.63, 3.8) is 0 Å². The van der Waals surface area contributed by atoms with Crippen LogP contribution in [0.15, 0.2) is 54.6 Å². The van der Waals surface area contributed by atoms with Crippen LogP contribution in [0.3, 0.4) is 0 Å². The highest BCUT2D eigenvalue weighted by Crippen LogP contribution is 2.31. The predicted octanol–water partition coefficient (Wildman–Crippen LogP) is 4.07. The first-order chi connectivity index (χ1) is 9.34. The van der Waals surface area contributed by atoms with Gasteiger partial charge in [-0.05, 0) is 48.0 Å². The zero-order chi connectivity index (χ0) is 13.1. The molecular formula is C18H21N. The van der Waals surface area contributed by atoms with E-state index in [9.17, 15) is 0 Å². The number of rotatable bonds is 2. The number of nitrogens with one attached hydrogen (secondary N) is 1. The first-order valence-electron chi connectivity index (χ1n) is 7.21. The van der Waals surface area contributed by atoms with Crippen LogP contribution in [-0.4, -0.2) is 13.1 Å². The molecule has 0 radical (unpaired) electrons. The van der Waals surface area contributed by atoms with Crippen molar-refractivity contribution in [3.8, 4) is 11.1 Å². The van der Waals surface area contributed by atoms with Gasteiger partial charge in [0.1, 0.15) is 0 Å². The summed E-state index contributed by atoms with van der Waals surface area (Å²) in [6, 6.07) is 19.7. The average Bonchev–Trinajstić information content (AvgIpc) is 2.49. The summed E-state index contributed by atoms with van der Waals surface area (Å²) in [4.78, 5) is 0. The van der Waals surface area contributed by atoms with E-state index < -0.39 is 0 Å². The molecule has 1 saturated heterocycles. The summed E-state index contributed by atoms with van der Waals surface area (Å²) in [5.41, 5.74) is 4.10. The summed E-state index contributed by atoms with van der Waals surface area (Å²) < 4.78 is 0. The molecule has 2 aromatic carbocycles. The molecule has 0 spiro atoms. The summed E-state index contributed by atoms with van der Waals surface area (Å²) >= 11 is 0. The minimum absolute atomic E-state index is 0.714.